The minimum absolute atomic E-state index is 0.0173. The lowest BCUT2D eigenvalue weighted by Gasteiger charge is -2.32. The third-order valence-electron chi connectivity index (χ3n) is 4.38. The largest absolute Gasteiger partial charge is 0.322 e. The number of sulfonamides is 1. The molecule has 6 nitrogen and oxygen atoms in total. The summed E-state index contributed by atoms with van der Waals surface area (Å²) in [6, 6.07) is 9.66. The van der Waals surface area contributed by atoms with Crippen LogP contribution in [0.25, 0.3) is 0 Å². The van der Waals surface area contributed by atoms with E-state index < -0.39 is 10.0 Å². The van der Waals surface area contributed by atoms with Gasteiger partial charge in [0.15, 0.2) is 0 Å². The number of rotatable bonds is 4. The molecule has 7 heteroatoms. The summed E-state index contributed by atoms with van der Waals surface area (Å²) in [5, 5.41) is 2.74. The first kappa shape index (κ1) is 17.6. The zero-order valence-electron chi connectivity index (χ0n) is 14.1. The molecule has 1 fully saturated rings. The fourth-order valence-corrected chi connectivity index (χ4v) is 4.67. The van der Waals surface area contributed by atoms with Crippen LogP contribution < -0.4 is 5.32 Å². The SMILES string of the molecule is CC1CCCCN1S(=O)(=O)c1ccc(NC(=O)c2cccnc2)cc1. The number of nitrogens with one attached hydrogen (secondary N) is 1. The van der Waals surface area contributed by atoms with Gasteiger partial charge in [0.2, 0.25) is 10.0 Å². The summed E-state index contributed by atoms with van der Waals surface area (Å²) < 4.78 is 27.1. The Morgan fingerprint density at radius 3 is 2.60 bits per heavy atom. The van der Waals surface area contributed by atoms with Crippen molar-refractivity contribution in [1.82, 2.24) is 9.29 Å². The van der Waals surface area contributed by atoms with E-state index in [9.17, 15) is 13.2 Å². The third-order valence-corrected chi connectivity index (χ3v) is 6.41. The summed E-state index contributed by atoms with van der Waals surface area (Å²) in [6.45, 7) is 2.50. The third kappa shape index (κ3) is 3.88. The van der Waals surface area contributed by atoms with E-state index in [4.69, 9.17) is 0 Å². The Morgan fingerprint density at radius 2 is 1.96 bits per heavy atom. The van der Waals surface area contributed by atoms with Gasteiger partial charge >= 0.3 is 0 Å². The number of aromatic nitrogens is 1. The van der Waals surface area contributed by atoms with Crippen LogP contribution in [0.15, 0.2) is 53.7 Å². The number of carbonyl (C=O) groups is 1. The molecular formula is C18H21N3O3S. The maximum Gasteiger partial charge on any atom is 0.257 e. The Bertz CT molecular complexity index is 836. The molecule has 0 aliphatic carbocycles. The van der Waals surface area contributed by atoms with Crippen LogP contribution in [0.4, 0.5) is 5.69 Å². The summed E-state index contributed by atoms with van der Waals surface area (Å²) in [4.78, 5) is 16.3. The number of benzene rings is 1. The molecule has 132 valence electrons. The highest BCUT2D eigenvalue weighted by molar-refractivity contribution is 7.89. The molecule has 1 unspecified atom stereocenters. The highest BCUT2D eigenvalue weighted by Gasteiger charge is 2.30. The van der Waals surface area contributed by atoms with Crippen molar-refractivity contribution in [3.63, 3.8) is 0 Å². The summed E-state index contributed by atoms with van der Waals surface area (Å²) in [5.41, 5.74) is 0.987. The highest BCUT2D eigenvalue weighted by atomic mass is 32.2. The van der Waals surface area contributed by atoms with E-state index in [-0.39, 0.29) is 16.8 Å². The first-order chi connectivity index (χ1) is 12.0. The molecule has 0 radical (unpaired) electrons. The van der Waals surface area contributed by atoms with Crippen molar-refractivity contribution >= 4 is 21.6 Å². The topological polar surface area (TPSA) is 79.4 Å². The summed E-state index contributed by atoms with van der Waals surface area (Å²) >= 11 is 0. The Hall–Kier alpha value is -2.25. The van der Waals surface area contributed by atoms with Crippen LogP contribution in [0.5, 0.6) is 0 Å². The van der Waals surface area contributed by atoms with Crippen molar-refractivity contribution in [2.45, 2.75) is 37.1 Å². The minimum atomic E-state index is -3.50. The van der Waals surface area contributed by atoms with Crippen molar-refractivity contribution < 1.29 is 13.2 Å². The number of carbonyl (C=O) groups excluding carboxylic acids is 1. The summed E-state index contributed by atoms with van der Waals surface area (Å²) in [6.07, 6.45) is 5.91. The van der Waals surface area contributed by atoms with Crippen molar-refractivity contribution in [2.24, 2.45) is 0 Å². The zero-order valence-corrected chi connectivity index (χ0v) is 14.9. The number of anilines is 1. The molecule has 25 heavy (non-hydrogen) atoms. The predicted molar refractivity (Wildman–Crippen MR) is 95.8 cm³/mol. The number of amides is 1. The lowest BCUT2D eigenvalue weighted by Crippen LogP contribution is -2.41. The number of hydrogen-bond donors (Lipinski definition) is 1. The lowest BCUT2D eigenvalue weighted by molar-refractivity contribution is 0.102. The first-order valence-corrected chi connectivity index (χ1v) is 9.76. The summed E-state index contributed by atoms with van der Waals surface area (Å²) in [7, 11) is -3.50. The van der Waals surface area contributed by atoms with Crippen LogP contribution in [-0.4, -0.2) is 36.2 Å². The Kier molecular flexibility index (Phi) is 5.15. The number of pyridine rings is 1. The molecule has 1 N–H and O–H groups in total. The minimum Gasteiger partial charge on any atom is -0.322 e. The maximum absolute atomic E-state index is 12.8. The molecule has 2 heterocycles. The van der Waals surface area contributed by atoms with Crippen LogP contribution in [0, 0.1) is 0 Å². The Balaban J connectivity index is 1.74. The van der Waals surface area contributed by atoms with Gasteiger partial charge in [0.25, 0.3) is 5.91 Å². The highest BCUT2D eigenvalue weighted by Crippen LogP contribution is 2.25. The molecule has 0 saturated carbocycles. The van der Waals surface area contributed by atoms with Crippen LogP contribution in [0.1, 0.15) is 36.5 Å². The standard InChI is InChI=1S/C18H21N3O3S/c1-14-5-2-3-12-21(14)25(23,24)17-9-7-16(8-10-17)20-18(22)15-6-4-11-19-13-15/h4,6-11,13-14H,2-3,5,12H2,1H3,(H,20,22). The van der Waals surface area contributed by atoms with Crippen molar-refractivity contribution in [1.29, 1.82) is 0 Å². The van der Waals surface area contributed by atoms with Gasteiger partial charge in [-0.15, -0.1) is 0 Å². The van der Waals surface area contributed by atoms with Crippen molar-refractivity contribution in [3.8, 4) is 0 Å². The zero-order chi connectivity index (χ0) is 17.9. The van der Waals surface area contributed by atoms with Gasteiger partial charge < -0.3 is 5.32 Å². The smallest absolute Gasteiger partial charge is 0.257 e. The average Bonchev–Trinajstić information content (AvgIpc) is 2.63. The van der Waals surface area contributed by atoms with E-state index in [0.717, 1.165) is 19.3 Å². The Morgan fingerprint density at radius 1 is 1.20 bits per heavy atom. The predicted octanol–water partition coefficient (Wildman–Crippen LogP) is 2.90. The number of piperidine rings is 1. The van der Waals surface area contributed by atoms with Gasteiger partial charge in [-0.25, -0.2) is 8.42 Å². The van der Waals surface area contributed by atoms with Gasteiger partial charge in [-0.1, -0.05) is 6.42 Å². The van der Waals surface area contributed by atoms with Crippen LogP contribution in [0.3, 0.4) is 0 Å². The summed E-state index contributed by atoms with van der Waals surface area (Å²) in [5.74, 6) is -0.284. The second-order valence-electron chi connectivity index (χ2n) is 6.18. The monoisotopic (exact) mass is 359 g/mol. The molecule has 1 atom stereocenters. The van der Waals surface area contributed by atoms with Gasteiger partial charge in [0.1, 0.15) is 0 Å². The molecule has 0 spiro atoms. The Labute approximate surface area is 147 Å². The quantitative estimate of drug-likeness (QED) is 0.910. The van der Waals surface area contributed by atoms with Gasteiger partial charge in [0, 0.05) is 30.7 Å². The fraction of sp³-hybridized carbons (Fsp3) is 0.333. The molecule has 3 rings (SSSR count). The van der Waals surface area contributed by atoms with E-state index in [2.05, 4.69) is 10.3 Å². The van der Waals surface area contributed by atoms with E-state index in [1.807, 2.05) is 6.92 Å². The normalized spacial score (nSPS) is 18.7. The second kappa shape index (κ2) is 7.33. The van der Waals surface area contributed by atoms with Crippen molar-refractivity contribution in [2.75, 3.05) is 11.9 Å². The van der Waals surface area contributed by atoms with Gasteiger partial charge in [0.05, 0.1) is 10.5 Å². The molecule has 1 aliphatic heterocycles. The lowest BCUT2D eigenvalue weighted by atomic mass is 10.1. The van der Waals surface area contributed by atoms with E-state index in [0.29, 0.717) is 17.8 Å². The molecular weight excluding hydrogens is 338 g/mol. The van der Waals surface area contributed by atoms with Gasteiger partial charge in [-0.3, -0.25) is 9.78 Å². The molecule has 2 aromatic rings. The van der Waals surface area contributed by atoms with E-state index in [1.165, 1.54) is 18.3 Å². The molecule has 1 amide bonds. The fourth-order valence-electron chi connectivity index (χ4n) is 2.97. The molecule has 1 aliphatic rings. The van der Waals surface area contributed by atoms with E-state index >= 15 is 0 Å². The molecule has 1 aromatic carbocycles. The first-order valence-electron chi connectivity index (χ1n) is 8.32. The van der Waals surface area contributed by atoms with Crippen LogP contribution in [-0.2, 0) is 10.0 Å². The van der Waals surface area contributed by atoms with Gasteiger partial charge in [-0.2, -0.15) is 4.31 Å². The molecule has 0 bridgehead atoms. The average molecular weight is 359 g/mol. The molecule has 1 aromatic heterocycles. The van der Waals surface area contributed by atoms with Gasteiger partial charge in [-0.05, 0) is 56.2 Å². The van der Waals surface area contributed by atoms with Crippen LogP contribution >= 0.6 is 0 Å². The van der Waals surface area contributed by atoms with Crippen LogP contribution in [0.2, 0.25) is 0 Å². The molecule has 1 saturated heterocycles. The number of hydrogen-bond acceptors (Lipinski definition) is 4. The maximum atomic E-state index is 12.8. The number of nitrogens with zero attached hydrogens (tertiary/aromatic N) is 2. The van der Waals surface area contributed by atoms with E-state index in [1.54, 1.807) is 34.8 Å². The van der Waals surface area contributed by atoms with Crippen molar-refractivity contribution in [3.05, 3.63) is 54.4 Å². The second-order valence-corrected chi connectivity index (χ2v) is 8.07.